The maximum atomic E-state index is 13.7. The Morgan fingerprint density at radius 1 is 1.55 bits per heavy atom. The van der Waals surface area contributed by atoms with Crippen LogP contribution in [-0.4, -0.2) is 28.4 Å². The number of benzene rings is 1. The molecule has 1 aromatic carbocycles. The Hall–Kier alpha value is -0.890. The summed E-state index contributed by atoms with van der Waals surface area (Å²) in [7, 11) is 1.59. The molecule has 0 radical (unpaired) electrons. The molecule has 1 amide bonds. The highest BCUT2D eigenvalue weighted by Gasteiger charge is 2.14. The molecule has 0 aliphatic carbocycles. The Morgan fingerprint density at radius 3 is 2.95 bits per heavy atom. The third kappa shape index (κ3) is 3.22. The second kappa shape index (κ2) is 6.71. The van der Waals surface area contributed by atoms with Gasteiger partial charge in [-0.3, -0.25) is 4.79 Å². The van der Waals surface area contributed by atoms with Crippen molar-refractivity contribution in [3.63, 3.8) is 0 Å². The summed E-state index contributed by atoms with van der Waals surface area (Å²) in [5.41, 5.74) is 1.43. The standard InChI is InChI=1S/C13H14ClFIN3O/c1-17-13(20)3-5-19-11-6-8(15)9(16)7-10(11)18-12(19)2-4-14/h6-7H,2-5H2,1H3,(H,17,20). The van der Waals surface area contributed by atoms with Gasteiger partial charge < -0.3 is 9.88 Å². The van der Waals surface area contributed by atoms with Crippen LogP contribution < -0.4 is 5.32 Å². The van der Waals surface area contributed by atoms with E-state index in [2.05, 4.69) is 10.3 Å². The first-order chi connectivity index (χ1) is 9.56. The van der Waals surface area contributed by atoms with Crippen molar-refractivity contribution in [2.24, 2.45) is 0 Å². The molecule has 2 rings (SSSR count). The largest absolute Gasteiger partial charge is 0.359 e. The van der Waals surface area contributed by atoms with Gasteiger partial charge in [-0.15, -0.1) is 11.6 Å². The topological polar surface area (TPSA) is 46.9 Å². The van der Waals surface area contributed by atoms with Crippen LogP contribution in [0.3, 0.4) is 0 Å². The molecule has 0 aliphatic heterocycles. The van der Waals surface area contributed by atoms with Crippen LogP contribution in [0, 0.1) is 9.39 Å². The minimum Gasteiger partial charge on any atom is -0.359 e. The highest BCUT2D eigenvalue weighted by Crippen LogP contribution is 2.22. The molecule has 0 fully saturated rings. The molecule has 1 N–H and O–H groups in total. The SMILES string of the molecule is CNC(=O)CCn1c(CCCl)nc2cc(I)c(F)cc21. The number of nitrogens with zero attached hydrogens (tertiary/aromatic N) is 2. The van der Waals surface area contributed by atoms with Gasteiger partial charge in [0.2, 0.25) is 5.91 Å². The van der Waals surface area contributed by atoms with Crippen molar-refractivity contribution in [3.05, 3.63) is 27.3 Å². The third-order valence-corrected chi connectivity index (χ3v) is 4.04. The van der Waals surface area contributed by atoms with E-state index in [1.54, 1.807) is 13.1 Å². The summed E-state index contributed by atoms with van der Waals surface area (Å²) in [6.45, 7) is 0.461. The van der Waals surface area contributed by atoms with Crippen molar-refractivity contribution in [2.75, 3.05) is 12.9 Å². The normalized spacial score (nSPS) is 11.0. The molecule has 108 valence electrons. The number of carbonyl (C=O) groups is 1. The average molecular weight is 410 g/mol. The number of hydrogen-bond donors (Lipinski definition) is 1. The van der Waals surface area contributed by atoms with E-state index in [4.69, 9.17) is 11.6 Å². The quantitative estimate of drug-likeness (QED) is 0.610. The Bertz CT molecular complexity index is 644. The fourth-order valence-electron chi connectivity index (χ4n) is 2.03. The Labute approximate surface area is 134 Å². The maximum absolute atomic E-state index is 13.7. The molecule has 1 heterocycles. The number of nitrogens with one attached hydrogen (secondary N) is 1. The van der Waals surface area contributed by atoms with Crippen molar-refractivity contribution in [1.82, 2.24) is 14.9 Å². The Kier molecular flexibility index (Phi) is 5.20. The molecular formula is C13H14ClFIN3O. The van der Waals surface area contributed by atoms with Crippen LogP contribution in [-0.2, 0) is 17.8 Å². The molecule has 0 bridgehead atoms. The van der Waals surface area contributed by atoms with Crippen LogP contribution in [0.5, 0.6) is 0 Å². The highest BCUT2D eigenvalue weighted by molar-refractivity contribution is 14.1. The molecule has 20 heavy (non-hydrogen) atoms. The molecule has 0 saturated carbocycles. The number of carbonyl (C=O) groups excluding carboxylic acids is 1. The lowest BCUT2D eigenvalue weighted by Crippen LogP contribution is -2.20. The van der Waals surface area contributed by atoms with E-state index in [1.807, 2.05) is 27.2 Å². The minimum atomic E-state index is -0.281. The molecule has 7 heteroatoms. The van der Waals surface area contributed by atoms with Crippen molar-refractivity contribution in [2.45, 2.75) is 19.4 Å². The number of imidazole rings is 1. The predicted octanol–water partition coefficient (Wildman–Crippen LogP) is 2.70. The van der Waals surface area contributed by atoms with Gasteiger partial charge in [-0.1, -0.05) is 0 Å². The van der Waals surface area contributed by atoms with Crippen molar-refractivity contribution in [3.8, 4) is 0 Å². The summed E-state index contributed by atoms with van der Waals surface area (Å²) in [4.78, 5) is 15.9. The Morgan fingerprint density at radius 2 is 2.30 bits per heavy atom. The number of amides is 1. The second-order valence-corrected chi connectivity index (χ2v) is 5.84. The third-order valence-electron chi connectivity index (χ3n) is 3.03. The summed E-state index contributed by atoms with van der Waals surface area (Å²) in [6.07, 6.45) is 0.910. The first kappa shape index (κ1) is 15.5. The van der Waals surface area contributed by atoms with E-state index in [1.165, 1.54) is 6.07 Å². The van der Waals surface area contributed by atoms with Crippen LogP contribution in [0.15, 0.2) is 12.1 Å². The van der Waals surface area contributed by atoms with Gasteiger partial charge in [0, 0.05) is 38.4 Å². The molecule has 1 aromatic heterocycles. The minimum absolute atomic E-state index is 0.0605. The first-order valence-electron chi connectivity index (χ1n) is 6.17. The average Bonchev–Trinajstić information content (AvgIpc) is 2.74. The van der Waals surface area contributed by atoms with Gasteiger partial charge in [0.15, 0.2) is 0 Å². The highest BCUT2D eigenvalue weighted by atomic mass is 127. The number of halogens is 3. The van der Waals surface area contributed by atoms with Crippen LogP contribution in [0.2, 0.25) is 0 Å². The fraction of sp³-hybridized carbons (Fsp3) is 0.385. The molecular weight excluding hydrogens is 396 g/mol. The summed E-state index contributed by atoms with van der Waals surface area (Å²) < 4.78 is 16.1. The van der Waals surface area contributed by atoms with Crippen molar-refractivity contribution in [1.29, 1.82) is 0 Å². The summed E-state index contributed by atoms with van der Waals surface area (Å²) in [5, 5.41) is 2.57. The van der Waals surface area contributed by atoms with Crippen molar-refractivity contribution >= 4 is 51.1 Å². The van der Waals surface area contributed by atoms with Gasteiger partial charge >= 0.3 is 0 Å². The lowest BCUT2D eigenvalue weighted by Gasteiger charge is -2.08. The van der Waals surface area contributed by atoms with Crippen LogP contribution >= 0.6 is 34.2 Å². The van der Waals surface area contributed by atoms with Gasteiger partial charge in [0.25, 0.3) is 0 Å². The van der Waals surface area contributed by atoms with Crippen molar-refractivity contribution < 1.29 is 9.18 Å². The molecule has 0 aliphatic rings. The zero-order valence-electron chi connectivity index (χ0n) is 10.9. The second-order valence-electron chi connectivity index (χ2n) is 4.30. The molecule has 0 saturated heterocycles. The van der Waals surface area contributed by atoms with Gasteiger partial charge in [-0.05, 0) is 28.7 Å². The molecule has 2 aromatic rings. The lowest BCUT2D eigenvalue weighted by atomic mass is 10.3. The van der Waals surface area contributed by atoms with Crippen LogP contribution in [0.4, 0.5) is 4.39 Å². The van der Waals surface area contributed by atoms with Crippen LogP contribution in [0.25, 0.3) is 11.0 Å². The Balaban J connectivity index is 2.44. The molecule has 0 spiro atoms. The zero-order valence-corrected chi connectivity index (χ0v) is 13.8. The number of alkyl halides is 1. The smallest absolute Gasteiger partial charge is 0.221 e. The number of aromatic nitrogens is 2. The van der Waals surface area contributed by atoms with E-state index in [9.17, 15) is 9.18 Å². The lowest BCUT2D eigenvalue weighted by molar-refractivity contribution is -0.120. The molecule has 0 atom stereocenters. The molecule has 4 nitrogen and oxygen atoms in total. The predicted molar refractivity (Wildman–Crippen MR) is 85.5 cm³/mol. The maximum Gasteiger partial charge on any atom is 0.221 e. The first-order valence-corrected chi connectivity index (χ1v) is 7.79. The van der Waals surface area contributed by atoms with Gasteiger partial charge in [0.05, 0.1) is 14.6 Å². The number of rotatable bonds is 5. The van der Waals surface area contributed by atoms with E-state index in [0.29, 0.717) is 34.4 Å². The summed E-state index contributed by atoms with van der Waals surface area (Å²) in [6, 6.07) is 3.17. The monoisotopic (exact) mass is 409 g/mol. The van der Waals surface area contributed by atoms with Crippen LogP contribution in [0.1, 0.15) is 12.2 Å². The van der Waals surface area contributed by atoms with E-state index in [0.717, 1.165) is 11.3 Å². The van der Waals surface area contributed by atoms with Gasteiger partial charge in [0.1, 0.15) is 11.6 Å². The summed E-state index contributed by atoms with van der Waals surface area (Å²) in [5.74, 6) is 0.870. The van der Waals surface area contributed by atoms with E-state index >= 15 is 0 Å². The molecule has 0 unspecified atom stereocenters. The van der Waals surface area contributed by atoms with E-state index in [-0.39, 0.29) is 11.7 Å². The summed E-state index contributed by atoms with van der Waals surface area (Å²) >= 11 is 7.72. The number of aryl methyl sites for hydroxylation is 2. The fourth-order valence-corrected chi connectivity index (χ4v) is 2.65. The number of fused-ring (bicyclic) bond motifs is 1. The zero-order chi connectivity index (χ0) is 14.7. The van der Waals surface area contributed by atoms with Gasteiger partial charge in [-0.2, -0.15) is 0 Å². The van der Waals surface area contributed by atoms with E-state index < -0.39 is 0 Å². The number of hydrogen-bond acceptors (Lipinski definition) is 2. The van der Waals surface area contributed by atoms with Gasteiger partial charge in [-0.25, -0.2) is 9.37 Å².